The fraction of sp³-hybridized carbons (Fsp3) is 0.269. The molecule has 0 spiro atoms. The molecule has 1 atom stereocenters. The van der Waals surface area contributed by atoms with Gasteiger partial charge in [0.1, 0.15) is 29.9 Å². The summed E-state index contributed by atoms with van der Waals surface area (Å²) in [6.45, 7) is 6.05. The summed E-state index contributed by atoms with van der Waals surface area (Å²) < 4.78 is 37.7. The molecule has 3 aromatic carbocycles. The predicted molar refractivity (Wildman–Crippen MR) is 134 cm³/mol. The molecule has 8 heteroatoms. The van der Waals surface area contributed by atoms with Crippen molar-refractivity contribution in [1.29, 1.82) is 0 Å². The first kappa shape index (κ1) is 25.1. The molecule has 3 aromatic rings. The Morgan fingerprint density at radius 3 is 2.24 bits per heavy atom. The van der Waals surface area contributed by atoms with Crippen LogP contribution in [0.3, 0.4) is 0 Å². The van der Waals surface area contributed by atoms with Gasteiger partial charge in [0.15, 0.2) is 0 Å². The van der Waals surface area contributed by atoms with Gasteiger partial charge in [-0.05, 0) is 74.4 Å². The molecule has 3 rings (SSSR count). The lowest BCUT2D eigenvalue weighted by atomic mass is 10.1. The first-order valence-electron chi connectivity index (χ1n) is 11.0. The number of benzene rings is 3. The highest BCUT2D eigenvalue weighted by Crippen LogP contribution is 2.27. The lowest BCUT2D eigenvalue weighted by Gasteiger charge is -2.28. The molecular weight excluding hydrogens is 452 g/mol. The molecule has 0 heterocycles. The van der Waals surface area contributed by atoms with Gasteiger partial charge in [-0.1, -0.05) is 30.3 Å². The summed E-state index contributed by atoms with van der Waals surface area (Å²) >= 11 is 0. The zero-order valence-electron chi connectivity index (χ0n) is 19.8. The van der Waals surface area contributed by atoms with Crippen LogP contribution in [0.25, 0.3) is 0 Å². The van der Waals surface area contributed by atoms with E-state index < -0.39 is 22.0 Å². The fourth-order valence-corrected chi connectivity index (χ4v) is 4.63. The minimum Gasteiger partial charge on any atom is -0.491 e. The number of hydrogen-bond donors (Lipinski definition) is 1. The molecule has 7 nitrogen and oxygen atoms in total. The van der Waals surface area contributed by atoms with Crippen molar-refractivity contribution in [1.82, 2.24) is 5.32 Å². The van der Waals surface area contributed by atoms with Gasteiger partial charge in [-0.15, -0.1) is 0 Å². The number of nitrogens with zero attached hydrogens (tertiary/aromatic N) is 1. The summed E-state index contributed by atoms with van der Waals surface area (Å²) in [4.78, 5) is 12.7. The van der Waals surface area contributed by atoms with E-state index in [0.29, 0.717) is 17.2 Å². The van der Waals surface area contributed by atoms with E-state index in [-0.39, 0.29) is 13.2 Å². The second-order valence-corrected chi connectivity index (χ2v) is 9.84. The molecule has 0 bridgehead atoms. The van der Waals surface area contributed by atoms with Crippen molar-refractivity contribution in [3.8, 4) is 17.2 Å². The van der Waals surface area contributed by atoms with Crippen LogP contribution in [0.1, 0.15) is 18.1 Å². The van der Waals surface area contributed by atoms with Gasteiger partial charge < -0.3 is 14.8 Å². The number of nitrogens with one attached hydrogen (secondary N) is 1. The molecule has 0 saturated heterocycles. The normalized spacial score (nSPS) is 12.0. The Hall–Kier alpha value is -3.52. The Kier molecular flexibility index (Phi) is 8.17. The van der Waals surface area contributed by atoms with Crippen molar-refractivity contribution in [3.63, 3.8) is 0 Å². The summed E-state index contributed by atoms with van der Waals surface area (Å²) in [5.41, 5.74) is 2.54. The van der Waals surface area contributed by atoms with E-state index in [1.165, 1.54) is 0 Å². The first-order chi connectivity index (χ1) is 16.2. The van der Waals surface area contributed by atoms with Crippen LogP contribution in [0.15, 0.2) is 72.8 Å². The van der Waals surface area contributed by atoms with Gasteiger partial charge in [0, 0.05) is 0 Å². The van der Waals surface area contributed by atoms with Crippen molar-refractivity contribution in [2.24, 2.45) is 0 Å². The number of para-hydroxylation sites is 1. The third-order valence-electron chi connectivity index (χ3n) is 5.37. The van der Waals surface area contributed by atoms with Crippen LogP contribution < -0.4 is 19.1 Å². The van der Waals surface area contributed by atoms with Crippen LogP contribution in [0.4, 0.5) is 5.69 Å². The van der Waals surface area contributed by atoms with Crippen molar-refractivity contribution >= 4 is 21.6 Å². The molecule has 0 aliphatic rings. The van der Waals surface area contributed by atoms with E-state index in [4.69, 9.17) is 9.47 Å². The molecule has 0 fully saturated rings. The predicted octanol–water partition coefficient (Wildman–Crippen LogP) is 4.45. The number of sulfonamides is 1. The molecule has 0 saturated carbocycles. The number of anilines is 1. The van der Waals surface area contributed by atoms with Crippen LogP contribution in [0.5, 0.6) is 17.2 Å². The average Bonchev–Trinajstić information content (AvgIpc) is 2.80. The quantitative estimate of drug-likeness (QED) is 0.432. The van der Waals surface area contributed by atoms with Crippen LogP contribution in [0.2, 0.25) is 0 Å². The molecule has 0 aliphatic carbocycles. The van der Waals surface area contributed by atoms with Gasteiger partial charge >= 0.3 is 0 Å². The third kappa shape index (κ3) is 6.51. The molecule has 0 aromatic heterocycles. The van der Waals surface area contributed by atoms with E-state index in [2.05, 4.69) is 5.32 Å². The Labute approximate surface area is 201 Å². The number of carbonyl (C=O) groups is 1. The zero-order valence-corrected chi connectivity index (χ0v) is 20.6. The van der Waals surface area contributed by atoms with Gasteiger partial charge in [0.2, 0.25) is 15.9 Å². The number of amides is 1. The SMILES string of the molecule is Cc1cccc(OCCNC(=O)[C@@H](C)N(c2ccc(Oc3ccccc3)cc2)S(C)(=O)=O)c1C. The zero-order chi connectivity index (χ0) is 24.7. The van der Waals surface area contributed by atoms with E-state index in [0.717, 1.165) is 27.4 Å². The lowest BCUT2D eigenvalue weighted by Crippen LogP contribution is -2.48. The van der Waals surface area contributed by atoms with Gasteiger partial charge in [-0.2, -0.15) is 0 Å². The first-order valence-corrected chi connectivity index (χ1v) is 12.8. The number of hydrogen-bond acceptors (Lipinski definition) is 5. The standard InChI is InChI=1S/C26H30N2O5S/c1-19-9-8-12-25(20(19)2)32-18-17-27-26(29)21(3)28(34(4,30)31)22-13-15-24(16-14-22)33-23-10-6-5-7-11-23/h5-16,21H,17-18H2,1-4H3,(H,27,29)/t21-/m1/s1. The minimum absolute atomic E-state index is 0.248. The summed E-state index contributed by atoms with van der Waals surface area (Å²) in [5, 5.41) is 2.76. The summed E-state index contributed by atoms with van der Waals surface area (Å²) in [7, 11) is -3.72. The van der Waals surface area contributed by atoms with Crippen molar-refractivity contribution < 1.29 is 22.7 Å². The summed E-state index contributed by atoms with van der Waals surface area (Å²) in [6.07, 6.45) is 1.08. The topological polar surface area (TPSA) is 84.9 Å². The highest BCUT2D eigenvalue weighted by Gasteiger charge is 2.29. The molecule has 0 unspecified atom stereocenters. The fourth-order valence-electron chi connectivity index (χ4n) is 3.46. The van der Waals surface area contributed by atoms with Gasteiger partial charge in [0.05, 0.1) is 18.5 Å². The molecular formula is C26H30N2O5S. The van der Waals surface area contributed by atoms with E-state index in [1.807, 2.05) is 62.4 Å². The van der Waals surface area contributed by atoms with Crippen molar-refractivity contribution in [3.05, 3.63) is 83.9 Å². The number of carbonyl (C=O) groups excluding carboxylic acids is 1. The number of rotatable bonds is 10. The Bertz CT molecular complexity index is 1210. The second kappa shape index (κ2) is 11.1. The van der Waals surface area contributed by atoms with E-state index in [9.17, 15) is 13.2 Å². The van der Waals surface area contributed by atoms with Gasteiger partial charge in [0.25, 0.3) is 0 Å². The average molecular weight is 483 g/mol. The van der Waals surface area contributed by atoms with Crippen LogP contribution in [0, 0.1) is 13.8 Å². The molecule has 1 amide bonds. The maximum Gasteiger partial charge on any atom is 0.243 e. The third-order valence-corrected chi connectivity index (χ3v) is 6.61. The Balaban J connectivity index is 1.62. The largest absolute Gasteiger partial charge is 0.491 e. The molecule has 0 radical (unpaired) electrons. The van der Waals surface area contributed by atoms with Crippen molar-refractivity contribution in [2.75, 3.05) is 23.7 Å². The van der Waals surface area contributed by atoms with E-state index >= 15 is 0 Å². The number of ether oxygens (including phenoxy) is 2. The van der Waals surface area contributed by atoms with Crippen molar-refractivity contribution in [2.45, 2.75) is 26.8 Å². The van der Waals surface area contributed by atoms with Gasteiger partial charge in [-0.25, -0.2) is 8.42 Å². The van der Waals surface area contributed by atoms with Crippen LogP contribution in [-0.2, 0) is 14.8 Å². The monoisotopic (exact) mass is 482 g/mol. The maximum absolute atomic E-state index is 12.7. The Morgan fingerprint density at radius 2 is 1.59 bits per heavy atom. The molecule has 34 heavy (non-hydrogen) atoms. The molecule has 0 aliphatic heterocycles. The summed E-state index contributed by atoms with van der Waals surface area (Å²) in [5.74, 6) is 1.58. The summed E-state index contributed by atoms with van der Waals surface area (Å²) in [6, 6.07) is 20.7. The second-order valence-electron chi connectivity index (χ2n) is 7.98. The highest BCUT2D eigenvalue weighted by molar-refractivity contribution is 7.92. The molecule has 1 N–H and O–H groups in total. The van der Waals surface area contributed by atoms with Crippen LogP contribution >= 0.6 is 0 Å². The molecule has 180 valence electrons. The minimum atomic E-state index is -3.72. The van der Waals surface area contributed by atoms with Gasteiger partial charge in [-0.3, -0.25) is 9.10 Å². The van der Waals surface area contributed by atoms with Crippen LogP contribution in [-0.4, -0.2) is 39.8 Å². The maximum atomic E-state index is 12.7. The number of aryl methyl sites for hydroxylation is 1. The lowest BCUT2D eigenvalue weighted by molar-refractivity contribution is -0.121. The smallest absolute Gasteiger partial charge is 0.243 e. The Morgan fingerprint density at radius 1 is 0.941 bits per heavy atom. The van der Waals surface area contributed by atoms with E-state index in [1.54, 1.807) is 31.2 Å². The highest BCUT2D eigenvalue weighted by atomic mass is 32.2.